The van der Waals surface area contributed by atoms with Crippen LogP contribution >= 0.6 is 11.6 Å². The molecule has 2 N–H and O–H groups in total. The maximum Gasteiger partial charge on any atom is 0.462 e. The molecule has 0 spiro atoms. The smallest absolute Gasteiger partial charge is 0.462 e. The summed E-state index contributed by atoms with van der Waals surface area (Å²) in [4.78, 5) is 10.9. The van der Waals surface area contributed by atoms with Crippen LogP contribution in [0.2, 0.25) is 5.02 Å². The molecule has 2 aromatic rings. The first-order chi connectivity index (χ1) is 12.8. The SMILES string of the molecule is O=C(O)c1ccc(-c2ccc(/C=N/NC(F)(F)C(F)(F)C(F)(F)F)o2)cc1Cl. The molecular weight excluding hydrogens is 425 g/mol. The van der Waals surface area contributed by atoms with E-state index in [1.807, 2.05) is 0 Å². The Balaban J connectivity index is 2.15. The van der Waals surface area contributed by atoms with E-state index in [0.29, 0.717) is 11.6 Å². The van der Waals surface area contributed by atoms with Gasteiger partial charge in [0.1, 0.15) is 11.5 Å². The van der Waals surface area contributed by atoms with E-state index in [0.717, 1.165) is 6.07 Å². The largest absolute Gasteiger partial charge is 0.478 e. The number of carboxylic acid groups (broad SMARTS) is 1. The molecule has 2 rings (SSSR count). The van der Waals surface area contributed by atoms with Crippen LogP contribution in [-0.2, 0) is 0 Å². The minimum absolute atomic E-state index is 0.0765. The molecule has 0 aliphatic carbocycles. The maximum absolute atomic E-state index is 13.0. The molecule has 1 aromatic heterocycles. The van der Waals surface area contributed by atoms with Gasteiger partial charge in [0.2, 0.25) is 0 Å². The first-order valence-electron chi connectivity index (χ1n) is 7.02. The molecule has 0 fully saturated rings. The summed E-state index contributed by atoms with van der Waals surface area (Å²) in [5.74, 6) is -7.82. The van der Waals surface area contributed by atoms with Gasteiger partial charge in [-0.2, -0.15) is 35.8 Å². The first-order valence-corrected chi connectivity index (χ1v) is 7.39. The summed E-state index contributed by atoms with van der Waals surface area (Å²) in [6.07, 6.45) is -6.03. The van der Waals surface area contributed by atoms with E-state index < -0.39 is 24.1 Å². The van der Waals surface area contributed by atoms with Gasteiger partial charge < -0.3 is 9.52 Å². The van der Waals surface area contributed by atoms with Gasteiger partial charge in [0.25, 0.3) is 0 Å². The molecule has 0 amide bonds. The van der Waals surface area contributed by atoms with E-state index in [1.165, 1.54) is 24.3 Å². The number of alkyl halides is 7. The second kappa shape index (κ2) is 7.34. The molecule has 0 radical (unpaired) electrons. The molecular formula is C15H8ClF7N2O3. The van der Waals surface area contributed by atoms with Crippen molar-refractivity contribution in [3.05, 3.63) is 46.7 Å². The predicted octanol–water partition coefficient (Wildman–Crippen LogP) is 5.01. The Hall–Kier alpha value is -2.76. The van der Waals surface area contributed by atoms with Crippen molar-refractivity contribution in [1.29, 1.82) is 0 Å². The van der Waals surface area contributed by atoms with Crippen LogP contribution < -0.4 is 5.43 Å². The highest BCUT2D eigenvalue weighted by atomic mass is 35.5. The molecule has 28 heavy (non-hydrogen) atoms. The zero-order valence-corrected chi connectivity index (χ0v) is 14.0. The highest BCUT2D eigenvalue weighted by Gasteiger charge is 2.73. The van der Waals surface area contributed by atoms with Crippen LogP contribution in [0.15, 0.2) is 39.9 Å². The average Bonchev–Trinajstić information content (AvgIpc) is 3.01. The zero-order chi connectivity index (χ0) is 21.3. The number of carboxylic acids is 1. The number of halogens is 8. The highest BCUT2D eigenvalue weighted by Crippen LogP contribution is 2.45. The van der Waals surface area contributed by atoms with Gasteiger partial charge in [-0.05, 0) is 24.3 Å². The predicted molar refractivity (Wildman–Crippen MR) is 82.8 cm³/mol. The number of hydrogen-bond acceptors (Lipinski definition) is 4. The number of benzene rings is 1. The third-order valence-corrected chi connectivity index (χ3v) is 3.57. The Morgan fingerprint density at radius 3 is 2.29 bits per heavy atom. The van der Waals surface area contributed by atoms with Gasteiger partial charge in [-0.1, -0.05) is 17.7 Å². The number of hydrogen-bond donors (Lipinski definition) is 2. The molecule has 0 unspecified atom stereocenters. The molecule has 152 valence electrons. The van der Waals surface area contributed by atoms with E-state index >= 15 is 0 Å². The lowest BCUT2D eigenvalue weighted by molar-refractivity contribution is -0.361. The fraction of sp³-hybridized carbons (Fsp3) is 0.200. The minimum Gasteiger partial charge on any atom is -0.478 e. The second-order valence-corrected chi connectivity index (χ2v) is 5.63. The van der Waals surface area contributed by atoms with Crippen molar-refractivity contribution >= 4 is 23.8 Å². The zero-order valence-electron chi connectivity index (χ0n) is 13.2. The van der Waals surface area contributed by atoms with Crippen LogP contribution in [0, 0.1) is 0 Å². The maximum atomic E-state index is 13.0. The van der Waals surface area contributed by atoms with Gasteiger partial charge in [-0.3, -0.25) is 0 Å². The fourth-order valence-corrected chi connectivity index (χ4v) is 2.11. The molecule has 1 aromatic carbocycles. The number of carbonyl (C=O) groups is 1. The quantitative estimate of drug-likeness (QED) is 0.291. The summed E-state index contributed by atoms with van der Waals surface area (Å²) >= 11 is 5.79. The number of hydrazone groups is 1. The van der Waals surface area contributed by atoms with Crippen molar-refractivity contribution in [2.75, 3.05) is 0 Å². The van der Waals surface area contributed by atoms with Crippen molar-refractivity contribution < 1.29 is 45.1 Å². The summed E-state index contributed by atoms with van der Waals surface area (Å²) in [7, 11) is 0. The summed E-state index contributed by atoms with van der Waals surface area (Å²) in [6, 6.07) is 0.483. The molecule has 0 bridgehead atoms. The van der Waals surface area contributed by atoms with E-state index in [1.54, 1.807) is 0 Å². The van der Waals surface area contributed by atoms with Gasteiger partial charge >= 0.3 is 24.1 Å². The molecule has 0 saturated carbocycles. The molecule has 0 atom stereocenters. The standard InChI is InChI=1S/C15H8ClF7N2O3/c16-10-5-7(1-3-9(10)12(26)27)11-4-2-8(28-11)6-24-25-15(22,23)13(17,18)14(19,20)21/h1-6,25H,(H,26,27)/b24-6+. The Labute approximate surface area is 156 Å². The molecule has 13 heteroatoms. The topological polar surface area (TPSA) is 74.8 Å². The normalized spacial score (nSPS) is 13.1. The lowest BCUT2D eigenvalue weighted by Gasteiger charge is -2.27. The number of aromatic carboxylic acids is 1. The number of nitrogens with zero attached hydrogens (tertiary/aromatic N) is 1. The van der Waals surface area contributed by atoms with E-state index in [9.17, 15) is 35.5 Å². The molecule has 0 aliphatic heterocycles. The van der Waals surface area contributed by atoms with Crippen molar-refractivity contribution in [2.24, 2.45) is 5.10 Å². The number of rotatable bonds is 6. The third kappa shape index (κ3) is 4.21. The molecule has 5 nitrogen and oxygen atoms in total. The summed E-state index contributed by atoms with van der Waals surface area (Å²) < 4.78 is 92.6. The number of nitrogens with one attached hydrogen (secondary N) is 1. The third-order valence-electron chi connectivity index (χ3n) is 3.26. The number of furan rings is 1. The van der Waals surface area contributed by atoms with E-state index in [-0.39, 0.29) is 27.7 Å². The minimum atomic E-state index is -6.49. The van der Waals surface area contributed by atoms with Crippen LogP contribution in [0.1, 0.15) is 16.1 Å². The van der Waals surface area contributed by atoms with Crippen LogP contribution in [0.3, 0.4) is 0 Å². The van der Waals surface area contributed by atoms with Crippen molar-refractivity contribution in [2.45, 2.75) is 18.1 Å². The van der Waals surface area contributed by atoms with Crippen molar-refractivity contribution in [3.8, 4) is 11.3 Å². The lowest BCUT2D eigenvalue weighted by Crippen LogP contribution is -2.58. The Bertz CT molecular complexity index is 909. The molecule has 0 aliphatic rings. The van der Waals surface area contributed by atoms with Gasteiger partial charge in [-0.25, -0.2) is 10.2 Å². The van der Waals surface area contributed by atoms with Crippen LogP contribution in [-0.4, -0.2) is 35.4 Å². The van der Waals surface area contributed by atoms with E-state index in [2.05, 4.69) is 5.10 Å². The molecule has 1 heterocycles. The van der Waals surface area contributed by atoms with Gasteiger partial charge in [0.15, 0.2) is 0 Å². The van der Waals surface area contributed by atoms with E-state index in [4.69, 9.17) is 21.1 Å². The van der Waals surface area contributed by atoms with Gasteiger partial charge in [-0.15, -0.1) is 0 Å². The monoisotopic (exact) mass is 432 g/mol. The van der Waals surface area contributed by atoms with Crippen molar-refractivity contribution in [3.63, 3.8) is 0 Å². The van der Waals surface area contributed by atoms with Crippen LogP contribution in [0.25, 0.3) is 11.3 Å². The lowest BCUT2D eigenvalue weighted by atomic mass is 10.1. The average molecular weight is 433 g/mol. The Morgan fingerprint density at radius 1 is 1.11 bits per heavy atom. The van der Waals surface area contributed by atoms with Crippen molar-refractivity contribution in [1.82, 2.24) is 5.43 Å². The summed E-state index contributed by atoms with van der Waals surface area (Å²) in [6.45, 7) is 0. The summed E-state index contributed by atoms with van der Waals surface area (Å²) in [5.41, 5.74) is 0.556. The van der Waals surface area contributed by atoms with Crippen LogP contribution in [0.5, 0.6) is 0 Å². The first kappa shape index (κ1) is 21.5. The molecule has 0 saturated heterocycles. The van der Waals surface area contributed by atoms with Gasteiger partial charge in [0, 0.05) is 5.56 Å². The highest BCUT2D eigenvalue weighted by molar-refractivity contribution is 6.33. The fourth-order valence-electron chi connectivity index (χ4n) is 1.84. The van der Waals surface area contributed by atoms with Gasteiger partial charge in [0.05, 0.1) is 16.8 Å². The van der Waals surface area contributed by atoms with Crippen LogP contribution in [0.4, 0.5) is 30.7 Å². The summed E-state index contributed by atoms with van der Waals surface area (Å²) in [5, 5.41) is 11.4. The Morgan fingerprint density at radius 2 is 1.75 bits per heavy atom. The second-order valence-electron chi connectivity index (χ2n) is 5.22. The Kier molecular flexibility index (Phi) is 5.64.